The summed E-state index contributed by atoms with van der Waals surface area (Å²) in [5.74, 6) is 0.833. The van der Waals surface area contributed by atoms with Crippen molar-refractivity contribution in [3.63, 3.8) is 0 Å². The number of epoxide rings is 1. The van der Waals surface area contributed by atoms with Gasteiger partial charge in [0.05, 0.1) is 5.60 Å². The quantitative estimate of drug-likeness (QED) is 0.764. The van der Waals surface area contributed by atoms with Gasteiger partial charge in [0, 0.05) is 6.61 Å². The molecule has 2 unspecified atom stereocenters. The van der Waals surface area contributed by atoms with E-state index in [0.29, 0.717) is 6.61 Å². The van der Waals surface area contributed by atoms with Crippen LogP contribution >= 0.6 is 0 Å². The van der Waals surface area contributed by atoms with Crippen LogP contribution in [-0.2, 0) is 4.74 Å². The van der Waals surface area contributed by atoms with E-state index < -0.39 is 0 Å². The third kappa shape index (κ3) is 1.84. The topological polar surface area (TPSA) is 32.8 Å². The molecule has 98 valence electrons. The zero-order valence-corrected chi connectivity index (χ0v) is 10.9. The second kappa shape index (κ2) is 4.55. The lowest BCUT2D eigenvalue weighted by Gasteiger charge is -2.19. The van der Waals surface area contributed by atoms with E-state index in [2.05, 4.69) is 0 Å². The summed E-state index contributed by atoms with van der Waals surface area (Å²) in [6.07, 6.45) is 14.4. The van der Waals surface area contributed by atoms with Gasteiger partial charge in [-0.25, -0.2) is 0 Å². The van der Waals surface area contributed by atoms with E-state index in [0.717, 1.165) is 18.8 Å². The van der Waals surface area contributed by atoms with Crippen LogP contribution in [0.5, 0.6) is 0 Å². The number of aliphatic hydroxyl groups excluding tert-OH is 1. The lowest BCUT2D eigenvalue weighted by atomic mass is 9.81. The van der Waals surface area contributed by atoms with Gasteiger partial charge in [-0.2, -0.15) is 0 Å². The maximum absolute atomic E-state index is 9.04. The lowest BCUT2D eigenvalue weighted by molar-refractivity contribution is 0.147. The third-order valence-corrected chi connectivity index (χ3v) is 5.50. The fraction of sp³-hybridized carbons (Fsp3) is 1.00. The van der Waals surface area contributed by atoms with Crippen LogP contribution in [0.1, 0.15) is 70.6 Å². The fourth-order valence-electron chi connectivity index (χ4n) is 4.60. The van der Waals surface area contributed by atoms with Crippen LogP contribution in [0.25, 0.3) is 0 Å². The Balaban J connectivity index is 1.71. The molecule has 0 radical (unpaired) electrons. The number of ether oxygens (including phenoxy) is 1. The second-order valence-corrected chi connectivity index (χ2v) is 6.36. The van der Waals surface area contributed by atoms with Gasteiger partial charge in [-0.1, -0.05) is 32.1 Å². The molecule has 1 aliphatic heterocycles. The molecule has 3 fully saturated rings. The summed E-state index contributed by atoms with van der Waals surface area (Å²) >= 11 is 0. The Morgan fingerprint density at radius 2 is 1.82 bits per heavy atom. The smallest absolute Gasteiger partial charge is 0.101 e. The van der Waals surface area contributed by atoms with Crippen molar-refractivity contribution in [2.24, 2.45) is 5.92 Å². The van der Waals surface area contributed by atoms with E-state index in [1.54, 1.807) is 0 Å². The molecule has 0 aromatic rings. The summed E-state index contributed by atoms with van der Waals surface area (Å²) in [5.41, 5.74) is 0.456. The third-order valence-electron chi connectivity index (χ3n) is 5.50. The molecule has 1 N–H and O–H groups in total. The van der Waals surface area contributed by atoms with Crippen molar-refractivity contribution in [2.45, 2.75) is 81.8 Å². The molecule has 0 aromatic heterocycles. The molecule has 2 heteroatoms. The van der Waals surface area contributed by atoms with Gasteiger partial charge in [0.1, 0.15) is 5.60 Å². The number of aliphatic hydroxyl groups is 1. The highest BCUT2D eigenvalue weighted by atomic mass is 16.6. The predicted molar refractivity (Wildman–Crippen MR) is 67.9 cm³/mol. The molecule has 1 heterocycles. The Morgan fingerprint density at radius 3 is 2.71 bits per heavy atom. The van der Waals surface area contributed by atoms with Gasteiger partial charge in [0.15, 0.2) is 0 Å². The van der Waals surface area contributed by atoms with Crippen molar-refractivity contribution in [1.29, 1.82) is 0 Å². The molecule has 2 nitrogen and oxygen atoms in total. The maximum Gasteiger partial charge on any atom is 0.101 e. The molecule has 1 saturated heterocycles. The minimum Gasteiger partial charge on any atom is -0.396 e. The van der Waals surface area contributed by atoms with Crippen molar-refractivity contribution in [3.05, 3.63) is 0 Å². The van der Waals surface area contributed by atoms with Crippen molar-refractivity contribution >= 4 is 0 Å². The van der Waals surface area contributed by atoms with E-state index in [4.69, 9.17) is 9.84 Å². The van der Waals surface area contributed by atoms with E-state index in [1.807, 2.05) is 0 Å². The van der Waals surface area contributed by atoms with Crippen molar-refractivity contribution in [2.75, 3.05) is 6.61 Å². The summed E-state index contributed by atoms with van der Waals surface area (Å²) in [6, 6.07) is 0. The Kier molecular flexibility index (Phi) is 3.20. The van der Waals surface area contributed by atoms with Gasteiger partial charge < -0.3 is 9.84 Å². The van der Waals surface area contributed by atoms with Crippen molar-refractivity contribution in [1.82, 2.24) is 0 Å². The highest BCUT2D eigenvalue weighted by Crippen LogP contribution is 2.68. The average molecular weight is 238 g/mol. The minimum atomic E-state index is 0.199. The van der Waals surface area contributed by atoms with Gasteiger partial charge in [-0.15, -0.1) is 0 Å². The molecule has 0 aromatic carbocycles. The molecule has 2 aliphatic carbocycles. The minimum absolute atomic E-state index is 0.199. The first-order valence-corrected chi connectivity index (χ1v) is 7.64. The average Bonchev–Trinajstić information content (AvgIpc) is 2.84. The molecule has 0 bridgehead atoms. The molecular formula is C15H26O2. The summed E-state index contributed by atoms with van der Waals surface area (Å²) in [7, 11) is 0. The summed E-state index contributed by atoms with van der Waals surface area (Å²) in [4.78, 5) is 0. The van der Waals surface area contributed by atoms with Crippen molar-refractivity contribution in [3.8, 4) is 0 Å². The fourth-order valence-corrected chi connectivity index (χ4v) is 4.60. The van der Waals surface area contributed by atoms with Crippen LogP contribution in [0.3, 0.4) is 0 Å². The zero-order chi connectivity index (χ0) is 11.8. The summed E-state index contributed by atoms with van der Waals surface area (Å²) in [6.45, 7) is 0.325. The van der Waals surface area contributed by atoms with E-state index in [1.165, 1.54) is 57.8 Å². The van der Waals surface area contributed by atoms with E-state index >= 15 is 0 Å². The monoisotopic (exact) mass is 238 g/mol. The number of hydrogen-bond donors (Lipinski definition) is 1. The molecule has 2 saturated carbocycles. The van der Waals surface area contributed by atoms with Crippen LogP contribution in [-0.4, -0.2) is 22.9 Å². The predicted octanol–water partition coefficient (Wildman–Crippen LogP) is 3.42. The highest BCUT2D eigenvalue weighted by molar-refractivity contribution is 5.22. The largest absolute Gasteiger partial charge is 0.396 e. The van der Waals surface area contributed by atoms with Gasteiger partial charge in [0.25, 0.3) is 0 Å². The van der Waals surface area contributed by atoms with Crippen molar-refractivity contribution < 1.29 is 9.84 Å². The van der Waals surface area contributed by atoms with Gasteiger partial charge in [0.2, 0.25) is 0 Å². The Labute approximate surface area is 105 Å². The first-order chi connectivity index (χ1) is 8.33. The maximum atomic E-state index is 9.04. The van der Waals surface area contributed by atoms with Crippen LogP contribution in [0.4, 0.5) is 0 Å². The van der Waals surface area contributed by atoms with Crippen LogP contribution < -0.4 is 0 Å². The summed E-state index contributed by atoms with van der Waals surface area (Å²) in [5, 5.41) is 9.04. The Hall–Kier alpha value is -0.0800. The molecule has 0 amide bonds. The second-order valence-electron chi connectivity index (χ2n) is 6.36. The molecule has 1 spiro atoms. The van der Waals surface area contributed by atoms with Crippen LogP contribution in [0.15, 0.2) is 0 Å². The Morgan fingerprint density at radius 1 is 1.00 bits per heavy atom. The molecular weight excluding hydrogens is 212 g/mol. The lowest BCUT2D eigenvalue weighted by Crippen LogP contribution is -2.26. The van der Waals surface area contributed by atoms with Gasteiger partial charge >= 0.3 is 0 Å². The van der Waals surface area contributed by atoms with E-state index in [9.17, 15) is 0 Å². The van der Waals surface area contributed by atoms with Crippen LogP contribution in [0, 0.1) is 5.92 Å². The van der Waals surface area contributed by atoms with Crippen LogP contribution in [0.2, 0.25) is 0 Å². The molecule has 17 heavy (non-hydrogen) atoms. The highest BCUT2D eigenvalue weighted by Gasteiger charge is 2.74. The molecule has 3 rings (SSSR count). The van der Waals surface area contributed by atoms with Gasteiger partial charge in [-0.05, 0) is 44.4 Å². The zero-order valence-electron chi connectivity index (χ0n) is 10.9. The number of rotatable bonds is 3. The number of hydrogen-bond acceptors (Lipinski definition) is 2. The SMILES string of the molecule is OCCCC12CCC3CCCCCCC[C@@]31O2. The first kappa shape index (κ1) is 12.0. The normalized spacial score (nSPS) is 45.4. The van der Waals surface area contributed by atoms with E-state index in [-0.39, 0.29) is 11.2 Å². The Bertz CT molecular complexity index is 278. The standard InChI is InChI=1S/C15H26O2/c16-12-6-9-14-11-8-13-7-4-2-1-3-5-10-15(13,14)17-14/h13,16H,1-12H2/t13?,14?,15-/m1/s1. The summed E-state index contributed by atoms with van der Waals surface area (Å²) < 4.78 is 6.31. The van der Waals surface area contributed by atoms with Gasteiger partial charge in [-0.3, -0.25) is 0 Å². The first-order valence-electron chi connectivity index (χ1n) is 7.64. The molecule has 3 atom stereocenters. The molecule has 3 aliphatic rings.